The first-order valence-corrected chi connectivity index (χ1v) is 7.27. The number of methoxy groups -OCH3 is 2. The zero-order valence-electron chi connectivity index (χ0n) is 12.6. The summed E-state index contributed by atoms with van der Waals surface area (Å²) in [5.41, 5.74) is 0.877. The van der Waals surface area contributed by atoms with Crippen LogP contribution in [0.25, 0.3) is 0 Å². The molecule has 112 valence electrons. The highest BCUT2D eigenvalue weighted by Crippen LogP contribution is 2.32. The molecule has 0 amide bonds. The van der Waals surface area contributed by atoms with Gasteiger partial charge in [0.15, 0.2) is 11.5 Å². The Bertz CT molecular complexity index is 436. The first-order valence-electron chi connectivity index (χ1n) is 7.27. The molecule has 4 nitrogen and oxygen atoms in total. The van der Waals surface area contributed by atoms with Crippen molar-refractivity contribution in [3.63, 3.8) is 0 Å². The topological polar surface area (TPSA) is 50.7 Å². The minimum Gasteiger partial charge on any atom is -0.493 e. The summed E-state index contributed by atoms with van der Waals surface area (Å²) in [4.78, 5) is 0. The zero-order valence-corrected chi connectivity index (χ0v) is 12.6. The van der Waals surface area contributed by atoms with Crippen LogP contribution in [0.4, 0.5) is 0 Å². The van der Waals surface area contributed by atoms with Crippen LogP contribution >= 0.6 is 0 Å². The van der Waals surface area contributed by atoms with E-state index in [0.717, 1.165) is 30.9 Å². The number of aliphatic hydroxyl groups excluding tert-OH is 1. The fourth-order valence-corrected chi connectivity index (χ4v) is 2.87. The van der Waals surface area contributed by atoms with Crippen molar-refractivity contribution >= 4 is 0 Å². The monoisotopic (exact) mass is 279 g/mol. The van der Waals surface area contributed by atoms with Gasteiger partial charge in [-0.3, -0.25) is 0 Å². The van der Waals surface area contributed by atoms with E-state index < -0.39 is 6.10 Å². The minimum absolute atomic E-state index is 0.391. The lowest BCUT2D eigenvalue weighted by Crippen LogP contribution is -2.38. The van der Waals surface area contributed by atoms with Crippen LogP contribution in [0, 0.1) is 5.92 Å². The molecule has 0 spiro atoms. The zero-order chi connectivity index (χ0) is 14.5. The van der Waals surface area contributed by atoms with Gasteiger partial charge in [0.05, 0.1) is 20.3 Å². The molecule has 1 saturated heterocycles. The Hall–Kier alpha value is -1.26. The molecule has 0 aromatic heterocycles. The van der Waals surface area contributed by atoms with Crippen LogP contribution < -0.4 is 14.8 Å². The molecule has 0 aliphatic carbocycles. The summed E-state index contributed by atoms with van der Waals surface area (Å²) in [6.45, 7) is 3.32. The summed E-state index contributed by atoms with van der Waals surface area (Å²) < 4.78 is 10.5. The fourth-order valence-electron chi connectivity index (χ4n) is 2.87. The van der Waals surface area contributed by atoms with Crippen LogP contribution in [-0.2, 0) is 0 Å². The van der Waals surface area contributed by atoms with Crippen LogP contribution in [-0.4, -0.2) is 31.9 Å². The molecule has 1 aromatic rings. The summed E-state index contributed by atoms with van der Waals surface area (Å²) in [7, 11) is 3.22. The third kappa shape index (κ3) is 3.64. The number of ether oxygens (including phenoxy) is 2. The fraction of sp³-hybridized carbons (Fsp3) is 0.625. The van der Waals surface area contributed by atoms with E-state index >= 15 is 0 Å². The van der Waals surface area contributed by atoms with Crippen LogP contribution in [0.3, 0.4) is 0 Å². The first-order chi connectivity index (χ1) is 9.63. The molecule has 2 N–H and O–H groups in total. The van der Waals surface area contributed by atoms with Gasteiger partial charge in [0.1, 0.15) is 0 Å². The lowest BCUT2D eigenvalue weighted by atomic mass is 9.90. The summed E-state index contributed by atoms with van der Waals surface area (Å²) in [6, 6.07) is 5.99. The Morgan fingerprint density at radius 3 is 2.70 bits per heavy atom. The van der Waals surface area contributed by atoms with Crippen molar-refractivity contribution in [3.8, 4) is 11.5 Å². The molecule has 3 atom stereocenters. The second-order valence-corrected chi connectivity index (χ2v) is 5.65. The van der Waals surface area contributed by atoms with Gasteiger partial charge >= 0.3 is 0 Å². The van der Waals surface area contributed by atoms with Crippen LogP contribution in [0.2, 0.25) is 0 Å². The van der Waals surface area contributed by atoms with Gasteiger partial charge in [-0.1, -0.05) is 13.0 Å². The molecule has 0 bridgehead atoms. The predicted molar refractivity (Wildman–Crippen MR) is 79.3 cm³/mol. The lowest BCUT2D eigenvalue weighted by Gasteiger charge is -2.29. The predicted octanol–water partition coefficient (Wildman–Crippen LogP) is 2.52. The Labute approximate surface area is 121 Å². The van der Waals surface area contributed by atoms with Crippen molar-refractivity contribution in [3.05, 3.63) is 23.8 Å². The van der Waals surface area contributed by atoms with Gasteiger partial charge in [-0.25, -0.2) is 0 Å². The van der Waals surface area contributed by atoms with Crippen LogP contribution in [0.5, 0.6) is 11.5 Å². The molecule has 1 aliphatic heterocycles. The van der Waals surface area contributed by atoms with Gasteiger partial charge in [0.2, 0.25) is 0 Å². The standard InChI is InChI=1S/C16H25NO3/c1-11-6-7-17-13(8-11)10-14(18)12-4-5-15(19-2)16(9-12)20-3/h4-5,9,11,13-14,17-18H,6-8,10H2,1-3H3. The average molecular weight is 279 g/mol. The highest BCUT2D eigenvalue weighted by Gasteiger charge is 2.22. The second-order valence-electron chi connectivity index (χ2n) is 5.65. The molecular formula is C16H25NO3. The van der Waals surface area contributed by atoms with Gasteiger partial charge < -0.3 is 19.9 Å². The molecule has 0 saturated carbocycles. The third-order valence-electron chi connectivity index (χ3n) is 4.06. The van der Waals surface area contributed by atoms with Gasteiger partial charge in [0, 0.05) is 6.04 Å². The van der Waals surface area contributed by atoms with E-state index in [9.17, 15) is 5.11 Å². The van der Waals surface area contributed by atoms with E-state index in [1.54, 1.807) is 14.2 Å². The molecular weight excluding hydrogens is 254 g/mol. The van der Waals surface area contributed by atoms with E-state index in [2.05, 4.69) is 12.2 Å². The first kappa shape index (κ1) is 15.1. The SMILES string of the molecule is COc1ccc(C(O)CC2CC(C)CCN2)cc1OC. The summed E-state index contributed by atoms with van der Waals surface area (Å²) in [5.74, 6) is 2.08. The van der Waals surface area contributed by atoms with Crippen molar-refractivity contribution in [2.45, 2.75) is 38.3 Å². The maximum atomic E-state index is 10.4. The molecule has 4 heteroatoms. The van der Waals surface area contributed by atoms with E-state index in [1.807, 2.05) is 18.2 Å². The lowest BCUT2D eigenvalue weighted by molar-refractivity contribution is 0.137. The molecule has 1 fully saturated rings. The molecule has 0 radical (unpaired) electrons. The highest BCUT2D eigenvalue weighted by atomic mass is 16.5. The third-order valence-corrected chi connectivity index (χ3v) is 4.06. The Morgan fingerprint density at radius 1 is 1.30 bits per heavy atom. The smallest absolute Gasteiger partial charge is 0.161 e. The number of piperidine rings is 1. The second kappa shape index (κ2) is 6.95. The quantitative estimate of drug-likeness (QED) is 0.869. The van der Waals surface area contributed by atoms with Crippen molar-refractivity contribution < 1.29 is 14.6 Å². The molecule has 20 heavy (non-hydrogen) atoms. The Balaban J connectivity index is 2.03. The van der Waals surface area contributed by atoms with Crippen molar-refractivity contribution in [2.24, 2.45) is 5.92 Å². The maximum absolute atomic E-state index is 10.4. The summed E-state index contributed by atoms with van der Waals surface area (Å²) in [6.07, 6.45) is 2.62. The Kier molecular flexibility index (Phi) is 5.26. The van der Waals surface area contributed by atoms with Crippen molar-refractivity contribution in [2.75, 3.05) is 20.8 Å². The van der Waals surface area contributed by atoms with Gasteiger partial charge in [-0.2, -0.15) is 0 Å². The highest BCUT2D eigenvalue weighted by molar-refractivity contribution is 5.43. The van der Waals surface area contributed by atoms with Crippen LogP contribution in [0.1, 0.15) is 37.9 Å². The number of aliphatic hydroxyl groups is 1. The van der Waals surface area contributed by atoms with E-state index in [4.69, 9.17) is 9.47 Å². The van der Waals surface area contributed by atoms with E-state index in [0.29, 0.717) is 17.5 Å². The minimum atomic E-state index is -0.474. The van der Waals surface area contributed by atoms with Crippen molar-refractivity contribution in [1.82, 2.24) is 5.32 Å². The number of hydrogen-bond acceptors (Lipinski definition) is 4. The van der Waals surface area contributed by atoms with Gasteiger partial charge in [-0.15, -0.1) is 0 Å². The van der Waals surface area contributed by atoms with Gasteiger partial charge in [-0.05, 0) is 49.4 Å². The molecule has 1 aliphatic rings. The molecule has 3 unspecified atom stereocenters. The van der Waals surface area contributed by atoms with Gasteiger partial charge in [0.25, 0.3) is 0 Å². The number of nitrogens with one attached hydrogen (secondary N) is 1. The Morgan fingerprint density at radius 2 is 2.05 bits per heavy atom. The number of hydrogen-bond donors (Lipinski definition) is 2. The largest absolute Gasteiger partial charge is 0.493 e. The normalized spacial score (nSPS) is 24.2. The van der Waals surface area contributed by atoms with Crippen molar-refractivity contribution in [1.29, 1.82) is 0 Å². The number of rotatable bonds is 5. The number of benzene rings is 1. The van der Waals surface area contributed by atoms with E-state index in [-0.39, 0.29) is 0 Å². The van der Waals surface area contributed by atoms with E-state index in [1.165, 1.54) is 6.42 Å². The van der Waals surface area contributed by atoms with Crippen LogP contribution in [0.15, 0.2) is 18.2 Å². The molecule has 1 heterocycles. The molecule has 1 aromatic carbocycles. The average Bonchev–Trinajstić information content (AvgIpc) is 2.46. The summed E-state index contributed by atoms with van der Waals surface area (Å²) in [5, 5.41) is 13.9. The molecule has 2 rings (SSSR count). The maximum Gasteiger partial charge on any atom is 0.161 e. The summed E-state index contributed by atoms with van der Waals surface area (Å²) >= 11 is 0.